The molecule has 1 heterocycles. The number of quaternary nitrogens is 1. The van der Waals surface area contributed by atoms with E-state index in [1.165, 1.54) is 12.1 Å². The van der Waals surface area contributed by atoms with Crippen LogP contribution in [0.4, 0.5) is 11.4 Å². The first kappa shape index (κ1) is 21.1. The van der Waals surface area contributed by atoms with Crippen LogP contribution < -0.4 is 4.48 Å². The van der Waals surface area contributed by atoms with Crippen LogP contribution in [-0.4, -0.2) is 36.6 Å². The van der Waals surface area contributed by atoms with Gasteiger partial charge in [-0.1, -0.05) is 19.6 Å². The van der Waals surface area contributed by atoms with E-state index in [0.29, 0.717) is 4.48 Å². The number of carbonyl (C=O) groups is 1. The summed E-state index contributed by atoms with van der Waals surface area (Å²) in [5.74, 6) is -0.322. The lowest BCUT2D eigenvalue weighted by molar-refractivity contribution is -0.384. The fraction of sp³-hybridized carbons (Fsp3) is 0.286. The van der Waals surface area contributed by atoms with Gasteiger partial charge in [0.05, 0.1) is 38.0 Å². The summed E-state index contributed by atoms with van der Waals surface area (Å²) >= 11 is 0. The summed E-state index contributed by atoms with van der Waals surface area (Å²) in [6.45, 7) is 0.0666. The van der Waals surface area contributed by atoms with Crippen LogP contribution in [0.2, 0.25) is 0 Å². The molecule has 148 valence electrons. The Morgan fingerprint density at radius 3 is 2.39 bits per heavy atom. The minimum Gasteiger partial charge on any atom is -0.444 e. The summed E-state index contributed by atoms with van der Waals surface area (Å²) in [6, 6.07) is 14.3. The highest BCUT2D eigenvalue weighted by Gasteiger charge is 2.13. The van der Waals surface area contributed by atoms with Crippen molar-refractivity contribution in [3.8, 4) is 0 Å². The van der Waals surface area contributed by atoms with Gasteiger partial charge in [-0.05, 0) is 29.8 Å². The van der Waals surface area contributed by atoms with Crippen molar-refractivity contribution in [3.05, 3.63) is 70.4 Å². The number of esters is 1. The monoisotopic (exact) mass is 384 g/mol. The van der Waals surface area contributed by atoms with Gasteiger partial charge >= 0.3 is 5.97 Å². The van der Waals surface area contributed by atoms with Crippen LogP contribution in [0.25, 0.3) is 10.9 Å². The molecular formula is C21H26N3O4+. The number of nitro benzene ring substituents is 1. The van der Waals surface area contributed by atoms with Gasteiger partial charge in [0, 0.05) is 23.7 Å². The molecule has 0 fully saturated rings. The van der Waals surface area contributed by atoms with Crippen molar-refractivity contribution in [2.75, 3.05) is 21.1 Å². The Morgan fingerprint density at radius 2 is 1.79 bits per heavy atom. The first-order chi connectivity index (χ1) is 12.7. The summed E-state index contributed by atoms with van der Waals surface area (Å²) in [7, 11) is 6.25. The fourth-order valence-corrected chi connectivity index (χ4v) is 2.83. The standard InChI is InChI=1S/C20H22N3O4.CH4/c1-23(2,3)18-7-4-15(5-8-18)12-20(24)27-14-21-11-10-16-13-17(22(25)26)6-9-19(16)21;/h4-11,13H,12,14H2,1-3H3;1H4/q+1;. The minimum absolute atomic E-state index is 0. The Hall–Kier alpha value is -3.19. The van der Waals surface area contributed by atoms with Crippen LogP contribution in [-0.2, 0) is 22.7 Å². The first-order valence-electron chi connectivity index (χ1n) is 8.54. The molecular weight excluding hydrogens is 358 g/mol. The van der Waals surface area contributed by atoms with Gasteiger partial charge in [0.1, 0.15) is 5.69 Å². The van der Waals surface area contributed by atoms with Gasteiger partial charge in [-0.2, -0.15) is 0 Å². The number of hydrogen-bond donors (Lipinski definition) is 0. The molecule has 28 heavy (non-hydrogen) atoms. The highest BCUT2D eigenvalue weighted by atomic mass is 16.6. The van der Waals surface area contributed by atoms with Gasteiger partial charge < -0.3 is 9.30 Å². The molecule has 0 bridgehead atoms. The molecule has 0 radical (unpaired) electrons. The number of rotatable bonds is 6. The normalized spacial score (nSPS) is 11.1. The molecule has 1 aromatic heterocycles. The van der Waals surface area contributed by atoms with Gasteiger partial charge in [0.2, 0.25) is 0 Å². The van der Waals surface area contributed by atoms with Crippen molar-refractivity contribution < 1.29 is 14.5 Å². The lowest BCUT2D eigenvalue weighted by Gasteiger charge is -2.23. The second-order valence-electron chi connectivity index (χ2n) is 7.29. The molecule has 0 saturated heterocycles. The highest BCUT2D eigenvalue weighted by molar-refractivity contribution is 5.82. The topological polar surface area (TPSA) is 74.4 Å². The molecule has 0 aliphatic rings. The third kappa shape index (κ3) is 4.75. The number of nitrogens with zero attached hydrogens (tertiary/aromatic N) is 3. The van der Waals surface area contributed by atoms with Crippen LogP contribution >= 0.6 is 0 Å². The minimum atomic E-state index is -0.430. The lowest BCUT2D eigenvalue weighted by atomic mass is 10.1. The van der Waals surface area contributed by atoms with E-state index in [1.54, 1.807) is 22.9 Å². The number of benzene rings is 2. The molecule has 0 amide bonds. The quantitative estimate of drug-likeness (QED) is 0.277. The maximum absolute atomic E-state index is 12.1. The Labute approximate surface area is 164 Å². The molecule has 2 aromatic carbocycles. The highest BCUT2D eigenvalue weighted by Crippen LogP contribution is 2.22. The average Bonchev–Trinajstić information content (AvgIpc) is 3.02. The summed E-state index contributed by atoms with van der Waals surface area (Å²) in [4.78, 5) is 22.6. The lowest BCUT2D eigenvalue weighted by Crippen LogP contribution is -2.34. The molecule has 7 nitrogen and oxygen atoms in total. The molecule has 3 rings (SSSR count). The second kappa shape index (κ2) is 8.22. The number of aromatic nitrogens is 1. The summed E-state index contributed by atoms with van der Waals surface area (Å²) in [5, 5.41) is 11.6. The largest absolute Gasteiger partial charge is 0.444 e. The molecule has 7 heteroatoms. The third-order valence-corrected chi connectivity index (χ3v) is 4.39. The van der Waals surface area contributed by atoms with Crippen molar-refractivity contribution in [1.82, 2.24) is 9.05 Å². The van der Waals surface area contributed by atoms with E-state index >= 15 is 0 Å². The van der Waals surface area contributed by atoms with Gasteiger partial charge in [-0.25, -0.2) is 0 Å². The van der Waals surface area contributed by atoms with Gasteiger partial charge in [0.15, 0.2) is 6.73 Å². The number of non-ortho nitro benzene ring substituents is 1. The number of hydrogen-bond acceptors (Lipinski definition) is 4. The van der Waals surface area contributed by atoms with Crippen LogP contribution in [0, 0.1) is 10.1 Å². The molecule has 0 spiro atoms. The van der Waals surface area contributed by atoms with Crippen LogP contribution in [0.3, 0.4) is 0 Å². The third-order valence-electron chi connectivity index (χ3n) is 4.39. The van der Waals surface area contributed by atoms with E-state index in [9.17, 15) is 14.9 Å². The fourth-order valence-electron chi connectivity index (χ4n) is 2.83. The van der Waals surface area contributed by atoms with Crippen molar-refractivity contribution >= 4 is 28.2 Å². The zero-order valence-corrected chi connectivity index (χ0v) is 15.6. The number of nitro groups is 1. The smallest absolute Gasteiger partial charge is 0.311 e. The summed E-state index contributed by atoms with van der Waals surface area (Å²) < 4.78 is 7.82. The van der Waals surface area contributed by atoms with E-state index in [2.05, 4.69) is 21.1 Å². The van der Waals surface area contributed by atoms with Gasteiger partial charge in [0.25, 0.3) is 5.69 Å². The zero-order valence-electron chi connectivity index (χ0n) is 15.6. The Balaban J connectivity index is 0.00000280. The summed E-state index contributed by atoms with van der Waals surface area (Å²) in [5.41, 5.74) is 2.86. The Morgan fingerprint density at radius 1 is 1.11 bits per heavy atom. The van der Waals surface area contributed by atoms with Crippen LogP contribution in [0.5, 0.6) is 0 Å². The molecule has 3 aromatic rings. The van der Waals surface area contributed by atoms with Crippen molar-refractivity contribution in [1.29, 1.82) is 0 Å². The molecule has 0 unspecified atom stereocenters. The second-order valence-corrected chi connectivity index (χ2v) is 7.29. The van der Waals surface area contributed by atoms with E-state index < -0.39 is 4.92 Å². The molecule has 0 aliphatic heterocycles. The predicted octanol–water partition coefficient (Wildman–Crippen LogP) is 4.13. The van der Waals surface area contributed by atoms with Gasteiger partial charge in [-0.3, -0.25) is 19.4 Å². The number of fused-ring (bicyclic) bond motifs is 1. The zero-order chi connectivity index (χ0) is 19.6. The number of ether oxygens (including phenoxy) is 1. The van der Waals surface area contributed by atoms with Gasteiger partial charge in [-0.15, -0.1) is 0 Å². The van der Waals surface area contributed by atoms with E-state index in [1.807, 2.05) is 24.3 Å². The maximum Gasteiger partial charge on any atom is 0.311 e. The van der Waals surface area contributed by atoms with E-state index in [4.69, 9.17) is 4.74 Å². The van der Waals surface area contributed by atoms with Crippen molar-refractivity contribution in [2.24, 2.45) is 0 Å². The Bertz CT molecular complexity index is 985. The SMILES string of the molecule is C.C[N+](C)(C)c1ccc(CC(=O)OCn2ccc3cc([N+](=O)[O-])ccc32)cc1. The van der Waals surface area contributed by atoms with E-state index in [-0.39, 0.29) is 32.2 Å². The molecule has 0 aliphatic carbocycles. The maximum atomic E-state index is 12.1. The molecule has 0 saturated carbocycles. The van der Waals surface area contributed by atoms with Crippen molar-refractivity contribution in [2.45, 2.75) is 20.6 Å². The molecule has 0 atom stereocenters. The van der Waals surface area contributed by atoms with Crippen LogP contribution in [0.1, 0.15) is 13.0 Å². The number of carbonyl (C=O) groups excluding carboxylic acids is 1. The van der Waals surface area contributed by atoms with Crippen LogP contribution in [0.15, 0.2) is 54.7 Å². The summed E-state index contributed by atoms with van der Waals surface area (Å²) in [6.07, 6.45) is 1.94. The molecule has 0 N–H and O–H groups in total. The first-order valence-corrected chi connectivity index (χ1v) is 8.54. The predicted molar refractivity (Wildman–Crippen MR) is 111 cm³/mol. The van der Waals surface area contributed by atoms with E-state index in [0.717, 1.165) is 22.2 Å². The van der Waals surface area contributed by atoms with Crippen molar-refractivity contribution in [3.63, 3.8) is 0 Å². The Kier molecular flexibility index (Phi) is 6.20. The average molecular weight is 384 g/mol.